The van der Waals surface area contributed by atoms with E-state index >= 15 is 0 Å². The molecule has 0 aromatic carbocycles. The first-order valence-corrected chi connectivity index (χ1v) is 3.71. The molecule has 0 aromatic rings. The van der Waals surface area contributed by atoms with Crippen LogP contribution in [0.1, 0.15) is 13.3 Å². The van der Waals surface area contributed by atoms with Gasteiger partial charge in [-0.1, -0.05) is 6.92 Å². The van der Waals surface area contributed by atoms with Crippen LogP contribution in [0.3, 0.4) is 0 Å². The summed E-state index contributed by atoms with van der Waals surface area (Å²) in [6.45, 7) is 1.79. The van der Waals surface area contributed by atoms with E-state index in [0.29, 0.717) is 0 Å². The summed E-state index contributed by atoms with van der Waals surface area (Å²) in [7, 11) is 1.46. The molecule has 0 aliphatic heterocycles. The largest absolute Gasteiger partial charge is 0.481 e. The smallest absolute Gasteiger partial charge is 0.303 e. The third-order valence-corrected chi connectivity index (χ3v) is 1.01. The molecular formula is C7H16N2O4. The number of carboxylic acids is 1. The topological polar surface area (TPSA) is 116 Å². The van der Waals surface area contributed by atoms with Crippen LogP contribution in [-0.2, 0) is 14.3 Å². The number of aliphatic carboxylic acids is 1. The Balaban J connectivity index is 0. The van der Waals surface area contributed by atoms with Crippen LogP contribution in [0.25, 0.3) is 0 Å². The molecule has 0 saturated heterocycles. The highest BCUT2D eigenvalue weighted by atomic mass is 16.5. The van der Waals surface area contributed by atoms with E-state index < -0.39 is 17.9 Å². The second kappa shape index (κ2) is 8.95. The van der Waals surface area contributed by atoms with Crippen LogP contribution >= 0.6 is 0 Å². The van der Waals surface area contributed by atoms with Gasteiger partial charge < -0.3 is 21.3 Å². The van der Waals surface area contributed by atoms with Gasteiger partial charge in [0.15, 0.2) is 0 Å². The Bertz CT molecular complexity index is 161. The van der Waals surface area contributed by atoms with Crippen molar-refractivity contribution in [1.29, 1.82) is 0 Å². The van der Waals surface area contributed by atoms with Gasteiger partial charge in [-0.25, -0.2) is 0 Å². The Hall–Kier alpha value is -1.14. The average molecular weight is 192 g/mol. The molecule has 0 aliphatic rings. The van der Waals surface area contributed by atoms with Crippen LogP contribution in [0, 0.1) is 0 Å². The van der Waals surface area contributed by atoms with Gasteiger partial charge in [0.1, 0.15) is 6.04 Å². The van der Waals surface area contributed by atoms with Gasteiger partial charge in [0.2, 0.25) is 5.91 Å². The van der Waals surface area contributed by atoms with Crippen molar-refractivity contribution in [2.24, 2.45) is 11.5 Å². The number of carbonyl (C=O) groups excluding carboxylic acids is 1. The number of hydrogen-bond donors (Lipinski definition) is 3. The molecule has 6 heteroatoms. The zero-order valence-electron chi connectivity index (χ0n) is 7.82. The molecule has 0 unspecified atom stereocenters. The molecule has 0 radical (unpaired) electrons. The lowest BCUT2D eigenvalue weighted by molar-refractivity contribution is -0.136. The Morgan fingerprint density at radius 2 is 1.92 bits per heavy atom. The van der Waals surface area contributed by atoms with Gasteiger partial charge in [-0.2, -0.15) is 0 Å². The van der Waals surface area contributed by atoms with Crippen molar-refractivity contribution < 1.29 is 19.4 Å². The van der Waals surface area contributed by atoms with E-state index in [-0.39, 0.29) is 13.0 Å². The highest BCUT2D eigenvalue weighted by molar-refractivity contribution is 5.79. The lowest BCUT2D eigenvalue weighted by Gasteiger charge is -2.02. The van der Waals surface area contributed by atoms with Crippen LogP contribution in [0.5, 0.6) is 0 Å². The Kier molecular flexibility index (Phi) is 9.91. The first-order chi connectivity index (χ1) is 5.95. The van der Waals surface area contributed by atoms with Gasteiger partial charge in [0, 0.05) is 13.5 Å². The maximum atomic E-state index is 10.1. The maximum absolute atomic E-state index is 10.1. The lowest BCUT2D eigenvalue weighted by atomic mass is 10.3. The van der Waals surface area contributed by atoms with Crippen molar-refractivity contribution in [2.75, 3.05) is 13.7 Å². The minimum Gasteiger partial charge on any atom is -0.481 e. The zero-order valence-corrected chi connectivity index (χ0v) is 7.82. The summed E-state index contributed by atoms with van der Waals surface area (Å²) in [5.41, 5.74) is 9.91. The van der Waals surface area contributed by atoms with Crippen molar-refractivity contribution in [3.8, 4) is 0 Å². The number of methoxy groups -OCH3 is 1. The van der Waals surface area contributed by atoms with Gasteiger partial charge in [-0.05, 0) is 0 Å². The summed E-state index contributed by atoms with van der Waals surface area (Å²) in [6.07, 6.45) is 0.222. The third kappa shape index (κ3) is 13.8. The van der Waals surface area contributed by atoms with Gasteiger partial charge >= 0.3 is 5.97 Å². The van der Waals surface area contributed by atoms with E-state index in [9.17, 15) is 9.59 Å². The van der Waals surface area contributed by atoms with E-state index in [1.807, 2.05) is 0 Å². The molecular weight excluding hydrogens is 176 g/mol. The molecule has 13 heavy (non-hydrogen) atoms. The molecule has 6 nitrogen and oxygen atoms in total. The molecule has 0 rings (SSSR count). The highest BCUT2D eigenvalue weighted by Gasteiger charge is 2.06. The van der Waals surface area contributed by atoms with Crippen molar-refractivity contribution in [3.63, 3.8) is 0 Å². The molecule has 0 aromatic heterocycles. The molecule has 5 N–H and O–H groups in total. The minimum absolute atomic E-state index is 0.190. The second-order valence-electron chi connectivity index (χ2n) is 2.21. The summed E-state index contributed by atoms with van der Waals surface area (Å²) in [4.78, 5) is 19.5. The van der Waals surface area contributed by atoms with E-state index in [1.165, 1.54) is 7.11 Å². The van der Waals surface area contributed by atoms with Crippen LogP contribution < -0.4 is 11.5 Å². The van der Waals surface area contributed by atoms with E-state index in [4.69, 9.17) is 16.6 Å². The number of amides is 1. The molecule has 0 spiro atoms. The number of carbonyl (C=O) groups is 2. The summed E-state index contributed by atoms with van der Waals surface area (Å²) in [5.74, 6) is -1.28. The fourth-order valence-electron chi connectivity index (χ4n) is 0.262. The van der Waals surface area contributed by atoms with Crippen molar-refractivity contribution >= 4 is 11.9 Å². The monoisotopic (exact) mass is 192 g/mol. The first-order valence-electron chi connectivity index (χ1n) is 3.71. The standard InChI is InChI=1S/C4H10N2O2.C3H6O2/c1-8-2-3(5)4(6)7;1-2-3(4)5/h3H,2,5H2,1H3,(H2,6,7);2H2,1H3,(H,4,5)/t3-;/m0./s1. The van der Waals surface area contributed by atoms with Gasteiger partial charge in [-0.15, -0.1) is 0 Å². The predicted octanol–water partition coefficient (Wildman–Crippen LogP) is -1.07. The predicted molar refractivity (Wildman–Crippen MR) is 47.0 cm³/mol. The molecule has 0 heterocycles. The van der Waals surface area contributed by atoms with Crippen LogP contribution in [-0.4, -0.2) is 36.7 Å². The molecule has 1 amide bonds. The Morgan fingerprint density at radius 1 is 1.54 bits per heavy atom. The van der Waals surface area contributed by atoms with Gasteiger partial charge in [-0.3, -0.25) is 9.59 Å². The van der Waals surface area contributed by atoms with E-state index in [2.05, 4.69) is 4.74 Å². The second-order valence-corrected chi connectivity index (χ2v) is 2.21. The molecule has 0 aliphatic carbocycles. The number of nitrogens with two attached hydrogens (primary N) is 2. The SMILES string of the molecule is CCC(=O)O.COC[C@H](N)C(N)=O. The maximum Gasteiger partial charge on any atom is 0.303 e. The van der Waals surface area contributed by atoms with Gasteiger partial charge in [0.05, 0.1) is 6.61 Å². The fourth-order valence-corrected chi connectivity index (χ4v) is 0.262. The van der Waals surface area contributed by atoms with Gasteiger partial charge in [0.25, 0.3) is 0 Å². The minimum atomic E-state index is -0.745. The average Bonchev–Trinajstić information content (AvgIpc) is 2.06. The highest BCUT2D eigenvalue weighted by Crippen LogP contribution is 1.74. The zero-order chi connectivity index (χ0) is 10.9. The molecule has 0 saturated carbocycles. The summed E-state index contributed by atoms with van der Waals surface area (Å²) >= 11 is 0. The molecule has 1 atom stereocenters. The molecule has 0 fully saturated rings. The fraction of sp³-hybridized carbons (Fsp3) is 0.714. The Labute approximate surface area is 76.8 Å². The van der Waals surface area contributed by atoms with Crippen LogP contribution in [0.4, 0.5) is 0 Å². The third-order valence-electron chi connectivity index (χ3n) is 1.01. The number of rotatable bonds is 4. The molecule has 0 bridgehead atoms. The number of carboxylic acid groups (broad SMARTS) is 1. The molecule has 78 valence electrons. The van der Waals surface area contributed by atoms with Crippen LogP contribution in [0.2, 0.25) is 0 Å². The number of ether oxygens (including phenoxy) is 1. The van der Waals surface area contributed by atoms with Crippen molar-refractivity contribution in [2.45, 2.75) is 19.4 Å². The van der Waals surface area contributed by atoms with E-state index in [0.717, 1.165) is 0 Å². The number of hydrogen-bond acceptors (Lipinski definition) is 4. The van der Waals surface area contributed by atoms with Crippen molar-refractivity contribution in [3.05, 3.63) is 0 Å². The summed E-state index contributed by atoms with van der Waals surface area (Å²) < 4.78 is 4.54. The number of primary amides is 1. The summed E-state index contributed by atoms with van der Waals surface area (Å²) in [5, 5.41) is 7.72. The Morgan fingerprint density at radius 3 is 2.00 bits per heavy atom. The van der Waals surface area contributed by atoms with E-state index in [1.54, 1.807) is 6.92 Å². The normalized spacial score (nSPS) is 11.0. The van der Waals surface area contributed by atoms with Crippen molar-refractivity contribution in [1.82, 2.24) is 0 Å². The lowest BCUT2D eigenvalue weighted by Crippen LogP contribution is -2.39. The van der Waals surface area contributed by atoms with Crippen LogP contribution in [0.15, 0.2) is 0 Å². The first kappa shape index (κ1) is 14.4. The quantitative estimate of drug-likeness (QED) is 0.524. The summed E-state index contributed by atoms with van der Waals surface area (Å²) in [6, 6.07) is -0.667.